The Balaban J connectivity index is 0.00000529. The number of benzene rings is 1. The maximum Gasteiger partial charge on any atom is 0.416 e. The molecule has 0 aliphatic rings. The van der Waals surface area contributed by atoms with Gasteiger partial charge in [0.25, 0.3) is 0 Å². The molecule has 0 fully saturated rings. The normalized spacial score (nSPS) is 12.4. The van der Waals surface area contributed by atoms with E-state index in [1.54, 1.807) is 33.9 Å². The minimum absolute atomic E-state index is 0. The van der Waals surface area contributed by atoms with Crippen molar-refractivity contribution in [1.82, 2.24) is 10.6 Å². The molecule has 138 valence electrons. The number of aliphatic imine (C=N–C) groups is 1. The molecule has 0 atom stereocenters. The zero-order valence-corrected chi connectivity index (χ0v) is 16.9. The van der Waals surface area contributed by atoms with Crippen LogP contribution in [0.3, 0.4) is 0 Å². The van der Waals surface area contributed by atoms with Crippen LogP contribution < -0.4 is 15.4 Å². The van der Waals surface area contributed by atoms with Gasteiger partial charge in [-0.25, -0.2) is 0 Å². The van der Waals surface area contributed by atoms with E-state index >= 15 is 0 Å². The fraction of sp³-hybridized carbons (Fsp3) is 0.562. The highest BCUT2D eigenvalue weighted by atomic mass is 127. The predicted octanol–water partition coefficient (Wildman–Crippen LogP) is 4.19. The SMILES string of the molecule is CCNC(=NC)NCc1ccc(OC(C)(C)C)cc1C(F)(F)F.I. The summed E-state index contributed by atoms with van der Waals surface area (Å²) >= 11 is 0. The maximum absolute atomic E-state index is 13.3. The van der Waals surface area contributed by atoms with Crippen LogP contribution in [0, 0.1) is 0 Å². The number of rotatable bonds is 4. The molecule has 2 N–H and O–H groups in total. The van der Waals surface area contributed by atoms with E-state index in [-0.39, 0.29) is 41.8 Å². The average Bonchev–Trinajstić information content (AvgIpc) is 2.41. The quantitative estimate of drug-likeness (QED) is 0.404. The van der Waals surface area contributed by atoms with Crippen molar-refractivity contribution >= 4 is 29.9 Å². The van der Waals surface area contributed by atoms with Crippen molar-refractivity contribution in [2.75, 3.05) is 13.6 Å². The van der Waals surface area contributed by atoms with Crippen molar-refractivity contribution < 1.29 is 17.9 Å². The van der Waals surface area contributed by atoms with Crippen LogP contribution in [-0.2, 0) is 12.7 Å². The van der Waals surface area contributed by atoms with E-state index in [0.29, 0.717) is 12.5 Å². The van der Waals surface area contributed by atoms with E-state index in [4.69, 9.17) is 4.74 Å². The van der Waals surface area contributed by atoms with E-state index in [0.717, 1.165) is 6.07 Å². The van der Waals surface area contributed by atoms with Crippen LogP contribution >= 0.6 is 24.0 Å². The smallest absolute Gasteiger partial charge is 0.416 e. The van der Waals surface area contributed by atoms with Gasteiger partial charge in [0.15, 0.2) is 5.96 Å². The van der Waals surface area contributed by atoms with Crippen molar-refractivity contribution in [3.63, 3.8) is 0 Å². The highest BCUT2D eigenvalue weighted by molar-refractivity contribution is 14.0. The van der Waals surface area contributed by atoms with Gasteiger partial charge in [-0.2, -0.15) is 13.2 Å². The number of halogens is 4. The summed E-state index contributed by atoms with van der Waals surface area (Å²) in [6.07, 6.45) is -4.45. The Morgan fingerprint density at radius 3 is 2.25 bits per heavy atom. The van der Waals surface area contributed by atoms with E-state index in [2.05, 4.69) is 15.6 Å². The number of hydrogen-bond donors (Lipinski definition) is 2. The van der Waals surface area contributed by atoms with Crippen LogP contribution in [-0.4, -0.2) is 25.2 Å². The first-order valence-electron chi connectivity index (χ1n) is 7.40. The predicted molar refractivity (Wildman–Crippen MR) is 101 cm³/mol. The number of nitrogens with one attached hydrogen (secondary N) is 2. The fourth-order valence-electron chi connectivity index (χ4n) is 1.96. The molecule has 0 radical (unpaired) electrons. The Bertz CT molecular complexity index is 554. The van der Waals surface area contributed by atoms with Gasteiger partial charge in [0.05, 0.1) is 5.56 Å². The molecule has 8 heteroatoms. The lowest BCUT2D eigenvalue weighted by molar-refractivity contribution is -0.138. The van der Waals surface area contributed by atoms with Crippen LogP contribution in [0.2, 0.25) is 0 Å². The summed E-state index contributed by atoms with van der Waals surface area (Å²) in [5, 5.41) is 5.80. The standard InChI is InChI=1S/C16H24F3N3O.HI/c1-6-21-14(20-5)22-10-11-7-8-12(23-15(2,3)4)9-13(11)16(17,18)19;/h7-9H,6,10H2,1-5H3,(H2,20,21,22);1H. The number of ether oxygens (including phenoxy) is 1. The Kier molecular flexibility index (Phi) is 8.87. The lowest BCUT2D eigenvalue weighted by atomic mass is 10.1. The first-order chi connectivity index (χ1) is 10.6. The summed E-state index contributed by atoms with van der Waals surface area (Å²) in [4.78, 5) is 3.94. The number of hydrogen-bond acceptors (Lipinski definition) is 2. The minimum atomic E-state index is -4.45. The van der Waals surface area contributed by atoms with Crippen LogP contribution in [0.4, 0.5) is 13.2 Å². The van der Waals surface area contributed by atoms with Gasteiger partial charge in [-0.1, -0.05) is 6.07 Å². The molecule has 1 rings (SSSR count). The zero-order valence-electron chi connectivity index (χ0n) is 14.5. The molecular weight excluding hydrogens is 434 g/mol. The summed E-state index contributed by atoms with van der Waals surface area (Å²) in [5.74, 6) is 0.653. The molecule has 0 aliphatic heterocycles. The maximum atomic E-state index is 13.3. The summed E-state index contributed by atoms with van der Waals surface area (Å²) in [6, 6.07) is 4.02. The molecule has 0 bridgehead atoms. The number of guanidine groups is 1. The monoisotopic (exact) mass is 459 g/mol. The topological polar surface area (TPSA) is 45.7 Å². The first-order valence-corrected chi connectivity index (χ1v) is 7.40. The Hall–Kier alpha value is -1.19. The second-order valence-corrected chi connectivity index (χ2v) is 5.99. The molecule has 0 unspecified atom stereocenters. The zero-order chi connectivity index (χ0) is 17.7. The lowest BCUT2D eigenvalue weighted by Crippen LogP contribution is -2.37. The van der Waals surface area contributed by atoms with E-state index in [1.165, 1.54) is 6.07 Å². The summed E-state index contributed by atoms with van der Waals surface area (Å²) in [5.41, 5.74) is -1.13. The summed E-state index contributed by atoms with van der Waals surface area (Å²) in [6.45, 7) is 7.89. The first kappa shape index (κ1) is 22.8. The van der Waals surface area contributed by atoms with Gasteiger partial charge >= 0.3 is 6.18 Å². The van der Waals surface area contributed by atoms with Crippen LogP contribution in [0.15, 0.2) is 23.2 Å². The second-order valence-electron chi connectivity index (χ2n) is 5.99. The third-order valence-corrected chi connectivity index (χ3v) is 2.82. The summed E-state index contributed by atoms with van der Waals surface area (Å²) in [7, 11) is 1.57. The molecule has 24 heavy (non-hydrogen) atoms. The van der Waals surface area contributed by atoms with Crippen LogP contribution in [0.1, 0.15) is 38.8 Å². The largest absolute Gasteiger partial charge is 0.488 e. The van der Waals surface area contributed by atoms with Gasteiger partial charge in [0.1, 0.15) is 11.4 Å². The third kappa shape index (κ3) is 7.59. The number of alkyl halides is 3. The van der Waals surface area contributed by atoms with Crippen molar-refractivity contribution in [3.05, 3.63) is 29.3 Å². The molecule has 0 heterocycles. The molecule has 0 saturated heterocycles. The van der Waals surface area contributed by atoms with Gasteiger partial charge in [-0.05, 0) is 45.4 Å². The van der Waals surface area contributed by atoms with E-state index < -0.39 is 17.3 Å². The molecule has 0 amide bonds. The third-order valence-electron chi connectivity index (χ3n) is 2.82. The van der Waals surface area contributed by atoms with Gasteiger partial charge in [-0.15, -0.1) is 24.0 Å². The lowest BCUT2D eigenvalue weighted by Gasteiger charge is -2.23. The van der Waals surface area contributed by atoms with Gasteiger partial charge in [-0.3, -0.25) is 4.99 Å². The Labute approximate surface area is 158 Å². The molecule has 4 nitrogen and oxygen atoms in total. The molecular formula is C16H25F3IN3O. The highest BCUT2D eigenvalue weighted by Gasteiger charge is 2.34. The van der Waals surface area contributed by atoms with Crippen molar-refractivity contribution in [3.8, 4) is 5.75 Å². The van der Waals surface area contributed by atoms with E-state index in [1.807, 2.05) is 6.92 Å². The van der Waals surface area contributed by atoms with Gasteiger partial charge in [0.2, 0.25) is 0 Å². The minimum Gasteiger partial charge on any atom is -0.488 e. The summed E-state index contributed by atoms with van der Waals surface area (Å²) < 4.78 is 45.4. The Morgan fingerprint density at radius 1 is 1.17 bits per heavy atom. The second kappa shape index (κ2) is 9.33. The average molecular weight is 459 g/mol. The Morgan fingerprint density at radius 2 is 1.79 bits per heavy atom. The van der Waals surface area contributed by atoms with Crippen molar-refractivity contribution in [1.29, 1.82) is 0 Å². The van der Waals surface area contributed by atoms with Crippen LogP contribution in [0.5, 0.6) is 5.75 Å². The molecule has 0 aliphatic carbocycles. The molecule has 0 spiro atoms. The van der Waals surface area contributed by atoms with Crippen molar-refractivity contribution in [2.24, 2.45) is 4.99 Å². The van der Waals surface area contributed by atoms with Gasteiger partial charge < -0.3 is 15.4 Å². The van der Waals surface area contributed by atoms with Crippen molar-refractivity contribution in [2.45, 2.75) is 46.0 Å². The highest BCUT2D eigenvalue weighted by Crippen LogP contribution is 2.35. The molecule has 0 aromatic heterocycles. The fourth-order valence-corrected chi connectivity index (χ4v) is 1.96. The molecule has 1 aromatic rings. The molecule has 0 saturated carbocycles. The van der Waals surface area contributed by atoms with E-state index in [9.17, 15) is 13.2 Å². The number of nitrogens with zero attached hydrogens (tertiary/aromatic N) is 1. The molecule has 1 aromatic carbocycles. The van der Waals surface area contributed by atoms with Gasteiger partial charge in [0, 0.05) is 20.1 Å². The van der Waals surface area contributed by atoms with Crippen LogP contribution in [0.25, 0.3) is 0 Å².